The molecular formula is C13H13ClN2O. The molecule has 0 atom stereocenters. The summed E-state index contributed by atoms with van der Waals surface area (Å²) >= 11 is 5.70. The minimum absolute atomic E-state index is 0.478. The van der Waals surface area contributed by atoms with Crippen LogP contribution in [-0.4, -0.2) is 4.98 Å². The van der Waals surface area contributed by atoms with Gasteiger partial charge >= 0.3 is 0 Å². The van der Waals surface area contributed by atoms with Crippen LogP contribution in [-0.2, 0) is 13.2 Å². The monoisotopic (exact) mass is 248 g/mol. The van der Waals surface area contributed by atoms with Crippen LogP contribution in [0.3, 0.4) is 0 Å². The predicted molar refractivity (Wildman–Crippen MR) is 67.9 cm³/mol. The van der Waals surface area contributed by atoms with Crippen molar-refractivity contribution in [3.05, 3.63) is 58.9 Å². The molecule has 4 heteroatoms. The lowest BCUT2D eigenvalue weighted by Gasteiger charge is -2.06. The van der Waals surface area contributed by atoms with Crippen molar-refractivity contribution in [2.45, 2.75) is 13.2 Å². The Hall–Kier alpha value is -1.58. The van der Waals surface area contributed by atoms with Gasteiger partial charge in [-0.1, -0.05) is 29.8 Å². The molecule has 0 saturated heterocycles. The molecule has 2 aromatic rings. The maximum Gasteiger partial charge on any atom is 0.129 e. The first-order chi connectivity index (χ1) is 8.28. The van der Waals surface area contributed by atoms with Crippen LogP contribution in [0.5, 0.6) is 5.75 Å². The van der Waals surface area contributed by atoms with Gasteiger partial charge in [0.05, 0.1) is 0 Å². The van der Waals surface area contributed by atoms with Crippen LogP contribution in [0.4, 0.5) is 0 Å². The Morgan fingerprint density at radius 2 is 1.76 bits per heavy atom. The Morgan fingerprint density at radius 1 is 1.06 bits per heavy atom. The van der Waals surface area contributed by atoms with Crippen LogP contribution >= 0.6 is 11.6 Å². The average molecular weight is 249 g/mol. The molecule has 3 nitrogen and oxygen atoms in total. The maximum absolute atomic E-state index is 5.70. The fraction of sp³-hybridized carbons (Fsp3) is 0.154. The summed E-state index contributed by atoms with van der Waals surface area (Å²) in [7, 11) is 0. The van der Waals surface area contributed by atoms with Crippen molar-refractivity contribution in [3.63, 3.8) is 0 Å². The van der Waals surface area contributed by atoms with Crippen LogP contribution in [0.2, 0.25) is 5.15 Å². The second-order valence-electron chi connectivity index (χ2n) is 3.63. The smallest absolute Gasteiger partial charge is 0.129 e. The minimum atomic E-state index is 0.478. The van der Waals surface area contributed by atoms with Crippen LogP contribution in [0.1, 0.15) is 11.1 Å². The molecule has 0 unspecified atom stereocenters. The van der Waals surface area contributed by atoms with Crippen molar-refractivity contribution < 1.29 is 4.74 Å². The topological polar surface area (TPSA) is 48.1 Å². The summed E-state index contributed by atoms with van der Waals surface area (Å²) < 4.78 is 5.61. The van der Waals surface area contributed by atoms with Gasteiger partial charge in [-0.05, 0) is 23.8 Å². The molecule has 1 heterocycles. The molecule has 2 rings (SSSR count). The molecule has 0 aliphatic heterocycles. The SMILES string of the molecule is NCc1ccc(OCc2ccc(Cl)nc2)cc1. The zero-order valence-electron chi connectivity index (χ0n) is 9.27. The van der Waals surface area contributed by atoms with E-state index in [2.05, 4.69) is 4.98 Å². The summed E-state index contributed by atoms with van der Waals surface area (Å²) in [5.41, 5.74) is 7.59. The normalized spacial score (nSPS) is 10.2. The lowest BCUT2D eigenvalue weighted by Crippen LogP contribution is -1.98. The van der Waals surface area contributed by atoms with Crippen LogP contribution in [0.15, 0.2) is 42.6 Å². The van der Waals surface area contributed by atoms with Gasteiger partial charge < -0.3 is 10.5 Å². The average Bonchev–Trinajstić information content (AvgIpc) is 2.39. The van der Waals surface area contributed by atoms with Gasteiger partial charge in [0, 0.05) is 18.3 Å². The van der Waals surface area contributed by atoms with Gasteiger partial charge in [0.25, 0.3) is 0 Å². The molecule has 0 spiro atoms. The maximum atomic E-state index is 5.70. The number of hydrogen-bond donors (Lipinski definition) is 1. The van der Waals surface area contributed by atoms with Crippen molar-refractivity contribution in [1.82, 2.24) is 4.98 Å². The number of pyridine rings is 1. The third kappa shape index (κ3) is 3.44. The Labute approximate surface area is 105 Å². The number of hydrogen-bond acceptors (Lipinski definition) is 3. The second-order valence-corrected chi connectivity index (χ2v) is 4.01. The first kappa shape index (κ1) is 11.9. The van der Waals surface area contributed by atoms with Gasteiger partial charge in [-0.15, -0.1) is 0 Å². The van der Waals surface area contributed by atoms with E-state index in [-0.39, 0.29) is 0 Å². The third-order valence-corrected chi connectivity index (χ3v) is 2.58. The summed E-state index contributed by atoms with van der Waals surface area (Å²) in [6, 6.07) is 11.4. The molecule has 0 fully saturated rings. The standard InChI is InChI=1S/C13H13ClN2O/c14-13-6-3-11(8-16-13)9-17-12-4-1-10(7-15)2-5-12/h1-6,8H,7,9,15H2. The highest BCUT2D eigenvalue weighted by molar-refractivity contribution is 6.29. The molecule has 2 N–H and O–H groups in total. The van der Waals surface area contributed by atoms with E-state index >= 15 is 0 Å². The van der Waals surface area contributed by atoms with Gasteiger partial charge in [0.1, 0.15) is 17.5 Å². The number of nitrogens with two attached hydrogens (primary N) is 1. The van der Waals surface area contributed by atoms with Crippen molar-refractivity contribution in [3.8, 4) is 5.75 Å². The lowest BCUT2D eigenvalue weighted by molar-refractivity contribution is 0.305. The van der Waals surface area contributed by atoms with Crippen molar-refractivity contribution in [1.29, 1.82) is 0 Å². The molecular weight excluding hydrogens is 236 g/mol. The molecule has 0 saturated carbocycles. The zero-order chi connectivity index (χ0) is 12.1. The number of benzene rings is 1. The van der Waals surface area contributed by atoms with Crippen LogP contribution in [0.25, 0.3) is 0 Å². The first-order valence-corrected chi connectivity index (χ1v) is 5.68. The van der Waals surface area contributed by atoms with Crippen molar-refractivity contribution in [2.75, 3.05) is 0 Å². The quantitative estimate of drug-likeness (QED) is 0.847. The Morgan fingerprint density at radius 3 is 2.35 bits per heavy atom. The van der Waals surface area contributed by atoms with Gasteiger partial charge in [-0.3, -0.25) is 0 Å². The molecule has 0 aliphatic carbocycles. The molecule has 17 heavy (non-hydrogen) atoms. The van der Waals surface area contributed by atoms with Crippen LogP contribution in [0, 0.1) is 0 Å². The fourth-order valence-electron chi connectivity index (χ4n) is 1.38. The summed E-state index contributed by atoms with van der Waals surface area (Å²) in [5.74, 6) is 0.817. The first-order valence-electron chi connectivity index (χ1n) is 5.30. The molecule has 0 bridgehead atoms. The Bertz CT molecular complexity index is 468. The minimum Gasteiger partial charge on any atom is -0.489 e. The highest BCUT2D eigenvalue weighted by Gasteiger charge is 1.97. The third-order valence-electron chi connectivity index (χ3n) is 2.35. The predicted octanol–water partition coefficient (Wildman–Crippen LogP) is 2.77. The number of rotatable bonds is 4. The van der Waals surface area contributed by atoms with Gasteiger partial charge in [0.2, 0.25) is 0 Å². The van der Waals surface area contributed by atoms with E-state index < -0.39 is 0 Å². The van der Waals surface area contributed by atoms with E-state index in [1.165, 1.54) is 0 Å². The Balaban J connectivity index is 1.95. The van der Waals surface area contributed by atoms with E-state index in [9.17, 15) is 0 Å². The zero-order valence-corrected chi connectivity index (χ0v) is 10.0. The number of aromatic nitrogens is 1. The molecule has 1 aromatic heterocycles. The Kier molecular flexibility index (Phi) is 3.96. The van der Waals surface area contributed by atoms with Crippen molar-refractivity contribution in [2.24, 2.45) is 5.73 Å². The van der Waals surface area contributed by atoms with Gasteiger partial charge in [-0.2, -0.15) is 0 Å². The molecule has 0 amide bonds. The molecule has 1 aromatic carbocycles. The second kappa shape index (κ2) is 5.66. The summed E-state index contributed by atoms with van der Waals surface area (Å²) in [6.45, 7) is 1.02. The van der Waals surface area contributed by atoms with E-state index in [1.54, 1.807) is 12.3 Å². The number of nitrogens with zero attached hydrogens (tertiary/aromatic N) is 1. The highest BCUT2D eigenvalue weighted by atomic mass is 35.5. The summed E-state index contributed by atoms with van der Waals surface area (Å²) in [6.07, 6.45) is 1.70. The van der Waals surface area contributed by atoms with Crippen LogP contribution < -0.4 is 10.5 Å². The molecule has 0 radical (unpaired) electrons. The highest BCUT2D eigenvalue weighted by Crippen LogP contribution is 2.14. The largest absolute Gasteiger partial charge is 0.489 e. The van der Waals surface area contributed by atoms with Crippen molar-refractivity contribution >= 4 is 11.6 Å². The number of halogens is 1. The van der Waals surface area contributed by atoms with E-state index in [0.717, 1.165) is 16.9 Å². The summed E-state index contributed by atoms with van der Waals surface area (Å²) in [4.78, 5) is 3.99. The fourth-order valence-corrected chi connectivity index (χ4v) is 1.49. The van der Waals surface area contributed by atoms with E-state index in [4.69, 9.17) is 22.1 Å². The summed E-state index contributed by atoms with van der Waals surface area (Å²) in [5, 5.41) is 0.487. The van der Waals surface area contributed by atoms with Gasteiger partial charge in [-0.25, -0.2) is 4.98 Å². The van der Waals surface area contributed by atoms with E-state index in [1.807, 2.05) is 30.3 Å². The molecule has 88 valence electrons. The van der Waals surface area contributed by atoms with E-state index in [0.29, 0.717) is 18.3 Å². The number of ether oxygens (including phenoxy) is 1. The lowest BCUT2D eigenvalue weighted by atomic mass is 10.2. The van der Waals surface area contributed by atoms with Gasteiger partial charge in [0.15, 0.2) is 0 Å². The molecule has 0 aliphatic rings.